The number of nitrogens with two attached hydrogens (primary N) is 1. The Balaban J connectivity index is 2.22. The third kappa shape index (κ3) is 2.05. The first-order chi connectivity index (χ1) is 8.13. The average Bonchev–Trinajstić information content (AvgIpc) is 2.35. The number of hydrogen-bond donors (Lipinski definition) is 3. The highest BCUT2D eigenvalue weighted by atomic mass is 16.2. The first-order valence-electron chi connectivity index (χ1n) is 5.23. The van der Waals surface area contributed by atoms with Crippen LogP contribution in [0.3, 0.4) is 0 Å². The first-order valence-corrected chi connectivity index (χ1v) is 5.23. The zero-order valence-electron chi connectivity index (χ0n) is 9.41. The van der Waals surface area contributed by atoms with Crippen molar-refractivity contribution in [1.29, 1.82) is 0 Å². The molecule has 0 amide bonds. The van der Waals surface area contributed by atoms with Gasteiger partial charge in [0.05, 0.1) is 0 Å². The summed E-state index contributed by atoms with van der Waals surface area (Å²) in [5.74, 6) is 0. The van der Waals surface area contributed by atoms with Crippen LogP contribution in [0.4, 0.5) is 17.1 Å². The predicted octanol–water partition coefficient (Wildman–Crippen LogP) is 0.328. The fourth-order valence-corrected chi connectivity index (χ4v) is 1.64. The third-order valence-corrected chi connectivity index (χ3v) is 2.52. The Morgan fingerprint density at radius 1 is 1.24 bits per heavy atom. The molecule has 0 aliphatic rings. The van der Waals surface area contributed by atoms with Gasteiger partial charge in [-0.25, -0.2) is 0 Å². The highest BCUT2D eigenvalue weighted by Gasteiger charge is 2.17. The Bertz CT molecular complexity index is 612. The molecule has 0 spiro atoms. The maximum absolute atomic E-state index is 11.2. The highest BCUT2D eigenvalue weighted by Crippen LogP contribution is 2.18. The zero-order valence-corrected chi connectivity index (χ0v) is 9.41. The van der Waals surface area contributed by atoms with E-state index < -0.39 is 10.9 Å². The lowest BCUT2D eigenvalue weighted by Crippen LogP contribution is -2.36. The third-order valence-electron chi connectivity index (χ3n) is 2.52. The van der Waals surface area contributed by atoms with Crippen LogP contribution < -0.4 is 27.2 Å². The van der Waals surface area contributed by atoms with E-state index in [4.69, 9.17) is 5.73 Å². The summed E-state index contributed by atoms with van der Waals surface area (Å²) in [7, 11) is 1.86. The van der Waals surface area contributed by atoms with Crippen LogP contribution in [-0.2, 0) is 6.54 Å². The summed E-state index contributed by atoms with van der Waals surface area (Å²) in [6.07, 6.45) is 0. The SMILES string of the molecule is CNCc1cccc(Nc2c(N)c(=O)c2=O)c1. The number of nitrogen functional groups attached to an aromatic ring is 1. The van der Waals surface area contributed by atoms with Crippen LogP contribution in [0.1, 0.15) is 5.56 Å². The molecule has 2 rings (SSSR count). The zero-order chi connectivity index (χ0) is 12.4. The molecule has 2 aromatic carbocycles. The summed E-state index contributed by atoms with van der Waals surface area (Å²) in [4.78, 5) is 22.2. The molecule has 0 bridgehead atoms. The summed E-state index contributed by atoms with van der Waals surface area (Å²) < 4.78 is 0. The normalized spacial score (nSPS) is 10.6. The molecule has 5 heteroatoms. The molecule has 0 radical (unpaired) electrons. The van der Waals surface area contributed by atoms with Crippen molar-refractivity contribution in [2.75, 3.05) is 18.1 Å². The molecule has 88 valence electrons. The van der Waals surface area contributed by atoms with Crippen molar-refractivity contribution in [3.05, 3.63) is 50.3 Å². The Kier molecular flexibility index (Phi) is 2.93. The second-order valence-electron chi connectivity index (χ2n) is 3.80. The average molecular weight is 231 g/mol. The maximum atomic E-state index is 11.2. The van der Waals surface area contributed by atoms with Gasteiger partial charge < -0.3 is 16.4 Å². The minimum atomic E-state index is -0.612. The Morgan fingerprint density at radius 3 is 2.65 bits per heavy atom. The topological polar surface area (TPSA) is 84.2 Å². The van der Waals surface area contributed by atoms with Gasteiger partial charge in [-0.3, -0.25) is 9.59 Å². The van der Waals surface area contributed by atoms with E-state index in [0.717, 1.165) is 17.8 Å². The summed E-state index contributed by atoms with van der Waals surface area (Å²) in [6.45, 7) is 0.733. The van der Waals surface area contributed by atoms with Crippen LogP contribution in [0.15, 0.2) is 33.9 Å². The van der Waals surface area contributed by atoms with Gasteiger partial charge in [0.1, 0.15) is 11.4 Å². The van der Waals surface area contributed by atoms with Crippen LogP contribution in [0, 0.1) is 0 Å². The molecule has 0 aliphatic carbocycles. The number of benzene rings is 1. The van der Waals surface area contributed by atoms with Crippen molar-refractivity contribution in [2.24, 2.45) is 0 Å². The molecule has 0 heterocycles. The van der Waals surface area contributed by atoms with E-state index in [-0.39, 0.29) is 11.4 Å². The molecule has 0 unspecified atom stereocenters. The molecule has 2 aromatic rings. The number of hydrogen-bond acceptors (Lipinski definition) is 5. The second-order valence-corrected chi connectivity index (χ2v) is 3.80. The number of rotatable bonds is 4. The molecule has 17 heavy (non-hydrogen) atoms. The lowest BCUT2D eigenvalue weighted by atomic mass is 10.1. The van der Waals surface area contributed by atoms with E-state index in [2.05, 4.69) is 10.6 Å². The molecular formula is C12H13N3O2. The largest absolute Gasteiger partial charge is 0.394 e. The van der Waals surface area contributed by atoms with Crippen LogP contribution in [0.5, 0.6) is 0 Å². The van der Waals surface area contributed by atoms with Crippen molar-refractivity contribution in [3.8, 4) is 0 Å². The van der Waals surface area contributed by atoms with Gasteiger partial charge in [0.25, 0.3) is 10.9 Å². The quantitative estimate of drug-likeness (QED) is 0.660. The fourth-order valence-electron chi connectivity index (χ4n) is 1.64. The molecule has 0 aromatic heterocycles. The smallest absolute Gasteiger partial charge is 0.253 e. The molecule has 0 saturated carbocycles. The van der Waals surface area contributed by atoms with Crippen LogP contribution in [0.25, 0.3) is 0 Å². The van der Waals surface area contributed by atoms with E-state index in [1.54, 1.807) is 0 Å². The van der Waals surface area contributed by atoms with Crippen LogP contribution >= 0.6 is 0 Å². The van der Waals surface area contributed by atoms with Crippen molar-refractivity contribution >= 4 is 17.1 Å². The monoisotopic (exact) mass is 231 g/mol. The van der Waals surface area contributed by atoms with E-state index in [9.17, 15) is 9.59 Å². The summed E-state index contributed by atoms with van der Waals surface area (Å²) in [5, 5.41) is 5.90. The predicted molar refractivity (Wildman–Crippen MR) is 68.3 cm³/mol. The van der Waals surface area contributed by atoms with E-state index in [0.29, 0.717) is 0 Å². The molecular weight excluding hydrogens is 218 g/mol. The van der Waals surface area contributed by atoms with Gasteiger partial charge >= 0.3 is 0 Å². The van der Waals surface area contributed by atoms with Crippen molar-refractivity contribution in [3.63, 3.8) is 0 Å². The molecule has 5 nitrogen and oxygen atoms in total. The minimum Gasteiger partial charge on any atom is -0.394 e. The van der Waals surface area contributed by atoms with E-state index in [1.807, 2.05) is 31.3 Å². The van der Waals surface area contributed by atoms with Crippen LogP contribution in [-0.4, -0.2) is 7.05 Å². The van der Waals surface area contributed by atoms with Gasteiger partial charge in [-0.1, -0.05) is 12.1 Å². The number of anilines is 3. The van der Waals surface area contributed by atoms with Gasteiger partial charge in [-0.2, -0.15) is 0 Å². The van der Waals surface area contributed by atoms with E-state index >= 15 is 0 Å². The van der Waals surface area contributed by atoms with E-state index in [1.165, 1.54) is 0 Å². The Hall–Kier alpha value is -2.14. The van der Waals surface area contributed by atoms with Gasteiger partial charge in [-0.05, 0) is 24.7 Å². The lowest BCUT2D eigenvalue weighted by molar-refractivity contribution is 0.818. The van der Waals surface area contributed by atoms with Gasteiger partial charge in [-0.15, -0.1) is 0 Å². The molecule has 0 aliphatic heterocycles. The fraction of sp³-hybridized carbons (Fsp3) is 0.167. The van der Waals surface area contributed by atoms with Gasteiger partial charge in [0, 0.05) is 12.2 Å². The first kappa shape index (κ1) is 11.3. The minimum absolute atomic E-state index is 0.00835. The second kappa shape index (κ2) is 4.39. The summed E-state index contributed by atoms with van der Waals surface area (Å²) in [5.41, 5.74) is 6.29. The standard InChI is InChI=1S/C12H13N3O2/c1-14-6-7-3-2-4-8(5-7)15-10-9(13)11(16)12(10)17/h2-5,14-15H,6,13H2,1H3. The lowest BCUT2D eigenvalue weighted by Gasteiger charge is -2.11. The summed E-state index contributed by atoms with van der Waals surface area (Å²) >= 11 is 0. The van der Waals surface area contributed by atoms with Crippen LogP contribution in [0.2, 0.25) is 0 Å². The summed E-state index contributed by atoms with van der Waals surface area (Å²) in [6, 6.07) is 7.55. The van der Waals surface area contributed by atoms with Crippen molar-refractivity contribution in [1.82, 2.24) is 5.32 Å². The van der Waals surface area contributed by atoms with Crippen molar-refractivity contribution < 1.29 is 0 Å². The maximum Gasteiger partial charge on any atom is 0.253 e. The molecule has 0 fully saturated rings. The Morgan fingerprint density at radius 2 is 2.00 bits per heavy atom. The molecule has 0 atom stereocenters. The highest BCUT2D eigenvalue weighted by molar-refractivity contribution is 5.76. The Labute approximate surface area is 98.0 Å². The van der Waals surface area contributed by atoms with Gasteiger partial charge in [0.15, 0.2) is 0 Å². The molecule has 0 saturated heterocycles. The van der Waals surface area contributed by atoms with Crippen molar-refractivity contribution in [2.45, 2.75) is 6.54 Å². The number of nitrogens with one attached hydrogen (secondary N) is 2. The molecule has 4 N–H and O–H groups in total. The van der Waals surface area contributed by atoms with Gasteiger partial charge in [0.2, 0.25) is 0 Å².